The summed E-state index contributed by atoms with van der Waals surface area (Å²) in [5, 5.41) is 12.1. The Hall–Kier alpha value is -2.08. The number of carbonyl (C=O) groups is 1. The van der Waals surface area contributed by atoms with Crippen molar-refractivity contribution in [2.45, 2.75) is 6.92 Å². The van der Waals surface area contributed by atoms with Crippen LogP contribution in [0.3, 0.4) is 0 Å². The average Bonchev–Trinajstić information content (AvgIpc) is 2.36. The summed E-state index contributed by atoms with van der Waals surface area (Å²) in [7, 11) is 0. The third kappa shape index (κ3) is 3.03. The van der Waals surface area contributed by atoms with Crippen molar-refractivity contribution in [3.63, 3.8) is 0 Å². The highest BCUT2D eigenvalue weighted by atomic mass is 79.9. The molecule has 0 fully saturated rings. The number of phenols is 1. The number of aryl methyl sites for hydroxylation is 1. The molecule has 0 aliphatic heterocycles. The number of carbonyl (C=O) groups excluding carboxylic acids is 1. The van der Waals surface area contributed by atoms with Gasteiger partial charge in [0.15, 0.2) is 0 Å². The molecule has 0 atom stereocenters. The normalized spacial score (nSPS) is 10.2. The molecule has 1 heterocycles. The van der Waals surface area contributed by atoms with Crippen LogP contribution in [0, 0.1) is 6.92 Å². The molecular formula is C13H12BrN3O2. The van der Waals surface area contributed by atoms with Crippen LogP contribution < -0.4 is 11.1 Å². The number of pyridine rings is 1. The minimum Gasteiger partial charge on any atom is -0.508 e. The lowest BCUT2D eigenvalue weighted by molar-refractivity contribution is 0.102. The number of aromatic hydroxyl groups is 1. The standard InChI is InChI=1S/C13H12BrN3O2/c1-7-4-8(2-3-11(7)18)13(19)17-12-10(14)5-9(15)6-16-12/h2-6,18H,15H2,1H3,(H,16,17,19). The van der Waals surface area contributed by atoms with E-state index in [1.54, 1.807) is 25.1 Å². The Morgan fingerprint density at radius 3 is 2.79 bits per heavy atom. The van der Waals surface area contributed by atoms with Gasteiger partial charge < -0.3 is 16.2 Å². The van der Waals surface area contributed by atoms with Crippen LogP contribution in [-0.2, 0) is 0 Å². The van der Waals surface area contributed by atoms with Gasteiger partial charge in [0.1, 0.15) is 11.6 Å². The quantitative estimate of drug-likeness (QED) is 0.793. The van der Waals surface area contributed by atoms with Gasteiger partial charge in [0.05, 0.1) is 16.4 Å². The molecule has 0 saturated carbocycles. The second kappa shape index (κ2) is 5.27. The molecule has 0 unspecified atom stereocenters. The molecule has 6 heteroatoms. The second-order valence-electron chi connectivity index (χ2n) is 4.05. The van der Waals surface area contributed by atoms with Gasteiger partial charge in [-0.1, -0.05) is 0 Å². The van der Waals surface area contributed by atoms with Crippen LogP contribution in [0.25, 0.3) is 0 Å². The zero-order chi connectivity index (χ0) is 14.0. The van der Waals surface area contributed by atoms with Crippen molar-refractivity contribution < 1.29 is 9.90 Å². The lowest BCUT2D eigenvalue weighted by Gasteiger charge is -2.08. The summed E-state index contributed by atoms with van der Waals surface area (Å²) in [5.41, 5.74) is 7.16. The van der Waals surface area contributed by atoms with Crippen LogP contribution in [0.1, 0.15) is 15.9 Å². The Balaban J connectivity index is 2.23. The number of phenolic OH excluding ortho intramolecular Hbond substituents is 1. The third-order valence-electron chi connectivity index (χ3n) is 2.55. The predicted octanol–water partition coefficient (Wildman–Crippen LogP) is 2.69. The maximum absolute atomic E-state index is 12.0. The Morgan fingerprint density at radius 2 is 2.16 bits per heavy atom. The molecule has 98 valence electrons. The summed E-state index contributed by atoms with van der Waals surface area (Å²) in [6.07, 6.45) is 1.46. The highest BCUT2D eigenvalue weighted by Crippen LogP contribution is 2.23. The SMILES string of the molecule is Cc1cc(C(=O)Nc2ncc(N)cc2Br)ccc1O. The number of nitrogens with one attached hydrogen (secondary N) is 1. The van der Waals surface area contributed by atoms with Gasteiger partial charge in [0, 0.05) is 5.56 Å². The summed E-state index contributed by atoms with van der Waals surface area (Å²) >= 11 is 3.28. The molecule has 1 aromatic heterocycles. The van der Waals surface area contributed by atoms with Crippen molar-refractivity contribution in [2.24, 2.45) is 0 Å². The molecular weight excluding hydrogens is 310 g/mol. The van der Waals surface area contributed by atoms with Crippen molar-refractivity contribution in [3.8, 4) is 5.75 Å². The van der Waals surface area contributed by atoms with E-state index in [4.69, 9.17) is 5.73 Å². The first-order chi connectivity index (χ1) is 8.97. The summed E-state index contributed by atoms with van der Waals surface area (Å²) in [4.78, 5) is 16.1. The molecule has 0 aliphatic rings. The van der Waals surface area contributed by atoms with Gasteiger partial charge >= 0.3 is 0 Å². The van der Waals surface area contributed by atoms with E-state index < -0.39 is 0 Å². The van der Waals surface area contributed by atoms with Gasteiger partial charge in [-0.15, -0.1) is 0 Å². The Bertz CT molecular complexity index is 644. The number of anilines is 2. The number of benzene rings is 1. The minimum atomic E-state index is -0.305. The lowest BCUT2D eigenvalue weighted by Crippen LogP contribution is -2.13. The zero-order valence-electron chi connectivity index (χ0n) is 10.1. The molecule has 2 aromatic rings. The zero-order valence-corrected chi connectivity index (χ0v) is 11.7. The fraction of sp³-hybridized carbons (Fsp3) is 0.0769. The molecule has 0 spiro atoms. The fourth-order valence-electron chi connectivity index (χ4n) is 1.52. The number of hydrogen-bond acceptors (Lipinski definition) is 4. The van der Waals surface area contributed by atoms with Crippen LogP contribution in [0.5, 0.6) is 5.75 Å². The summed E-state index contributed by atoms with van der Waals surface area (Å²) < 4.78 is 0.608. The molecule has 5 nitrogen and oxygen atoms in total. The van der Waals surface area contributed by atoms with Gasteiger partial charge in [-0.3, -0.25) is 4.79 Å². The molecule has 19 heavy (non-hydrogen) atoms. The van der Waals surface area contributed by atoms with Gasteiger partial charge in [-0.2, -0.15) is 0 Å². The maximum Gasteiger partial charge on any atom is 0.256 e. The number of nitrogen functional groups attached to an aromatic ring is 1. The molecule has 2 rings (SSSR count). The van der Waals surface area contributed by atoms with E-state index in [0.717, 1.165) is 0 Å². The van der Waals surface area contributed by atoms with E-state index in [9.17, 15) is 9.90 Å². The van der Waals surface area contributed by atoms with Gasteiger partial charge in [0.25, 0.3) is 5.91 Å². The van der Waals surface area contributed by atoms with Gasteiger partial charge in [-0.05, 0) is 52.7 Å². The largest absolute Gasteiger partial charge is 0.508 e. The van der Waals surface area contributed by atoms with E-state index in [0.29, 0.717) is 27.1 Å². The number of nitrogens with zero attached hydrogens (tertiary/aromatic N) is 1. The van der Waals surface area contributed by atoms with Crippen LogP contribution in [-0.4, -0.2) is 16.0 Å². The molecule has 4 N–H and O–H groups in total. The van der Waals surface area contributed by atoms with Crippen LogP contribution in [0.2, 0.25) is 0 Å². The van der Waals surface area contributed by atoms with E-state index in [2.05, 4.69) is 26.2 Å². The number of aromatic nitrogens is 1. The Kier molecular flexibility index (Phi) is 3.71. The molecule has 0 bridgehead atoms. The monoisotopic (exact) mass is 321 g/mol. The predicted molar refractivity (Wildman–Crippen MR) is 77.1 cm³/mol. The number of hydrogen-bond donors (Lipinski definition) is 3. The topological polar surface area (TPSA) is 88.2 Å². The van der Waals surface area contributed by atoms with Gasteiger partial charge in [0.2, 0.25) is 0 Å². The van der Waals surface area contributed by atoms with Crippen molar-refractivity contribution in [1.82, 2.24) is 4.98 Å². The molecule has 1 amide bonds. The minimum absolute atomic E-state index is 0.156. The van der Waals surface area contributed by atoms with E-state index in [1.165, 1.54) is 12.3 Å². The number of amides is 1. The molecule has 0 aliphatic carbocycles. The first kappa shape index (κ1) is 13.4. The van der Waals surface area contributed by atoms with Crippen LogP contribution in [0.4, 0.5) is 11.5 Å². The van der Waals surface area contributed by atoms with E-state index in [1.807, 2.05) is 0 Å². The first-order valence-electron chi connectivity index (χ1n) is 5.49. The number of rotatable bonds is 2. The fourth-order valence-corrected chi connectivity index (χ4v) is 1.99. The number of nitrogens with two attached hydrogens (primary N) is 1. The molecule has 0 radical (unpaired) electrons. The Morgan fingerprint density at radius 1 is 1.42 bits per heavy atom. The first-order valence-corrected chi connectivity index (χ1v) is 6.28. The number of halogens is 1. The summed E-state index contributed by atoms with van der Waals surface area (Å²) in [6, 6.07) is 6.29. The van der Waals surface area contributed by atoms with Crippen molar-refractivity contribution >= 4 is 33.3 Å². The van der Waals surface area contributed by atoms with E-state index >= 15 is 0 Å². The summed E-state index contributed by atoms with van der Waals surface area (Å²) in [6.45, 7) is 1.73. The molecule has 0 saturated heterocycles. The highest BCUT2D eigenvalue weighted by Gasteiger charge is 2.10. The summed E-state index contributed by atoms with van der Waals surface area (Å²) in [5.74, 6) is 0.245. The van der Waals surface area contributed by atoms with Crippen LogP contribution >= 0.6 is 15.9 Å². The van der Waals surface area contributed by atoms with Crippen LogP contribution in [0.15, 0.2) is 34.9 Å². The third-order valence-corrected chi connectivity index (χ3v) is 3.16. The second-order valence-corrected chi connectivity index (χ2v) is 4.91. The van der Waals surface area contributed by atoms with Crippen molar-refractivity contribution in [1.29, 1.82) is 0 Å². The molecule has 1 aromatic carbocycles. The average molecular weight is 322 g/mol. The maximum atomic E-state index is 12.0. The Labute approximate surface area is 118 Å². The smallest absolute Gasteiger partial charge is 0.256 e. The van der Waals surface area contributed by atoms with E-state index in [-0.39, 0.29) is 11.7 Å². The van der Waals surface area contributed by atoms with Crippen molar-refractivity contribution in [3.05, 3.63) is 46.1 Å². The van der Waals surface area contributed by atoms with Gasteiger partial charge in [-0.25, -0.2) is 4.98 Å². The lowest BCUT2D eigenvalue weighted by atomic mass is 10.1. The van der Waals surface area contributed by atoms with Crippen molar-refractivity contribution in [2.75, 3.05) is 11.1 Å². The highest BCUT2D eigenvalue weighted by molar-refractivity contribution is 9.10.